The first kappa shape index (κ1) is 24.2. The zero-order valence-electron chi connectivity index (χ0n) is 17.9. The molecule has 1 aliphatic carbocycles. The summed E-state index contributed by atoms with van der Waals surface area (Å²) < 4.78 is 39.5. The van der Waals surface area contributed by atoms with Crippen LogP contribution in [-0.2, 0) is 9.53 Å². The maximum atomic E-state index is 14.8. The Morgan fingerprint density at radius 3 is 2.72 bits per heavy atom. The van der Waals surface area contributed by atoms with Gasteiger partial charge < -0.3 is 9.47 Å². The molecule has 1 fully saturated rings. The Hall–Kier alpha value is -2.40. The van der Waals surface area contributed by atoms with Crippen LogP contribution >= 0.6 is 23.1 Å². The number of hydrogen-bond acceptors (Lipinski definition) is 7. The first-order chi connectivity index (χ1) is 15.4. The molecule has 1 saturated carbocycles. The molecule has 1 aliphatic rings. The number of esters is 1. The molecule has 1 aromatic carbocycles. The molecule has 7 nitrogen and oxygen atoms in total. The van der Waals surface area contributed by atoms with Crippen LogP contribution in [0.5, 0.6) is 5.75 Å². The zero-order chi connectivity index (χ0) is 23.1. The number of rotatable bonds is 9. The molecule has 32 heavy (non-hydrogen) atoms. The molecule has 2 aromatic rings. The first-order valence-electron chi connectivity index (χ1n) is 10.3. The summed E-state index contributed by atoms with van der Waals surface area (Å²) >= 11 is 2.44. The van der Waals surface area contributed by atoms with E-state index < -0.39 is 17.7 Å². The van der Waals surface area contributed by atoms with Crippen molar-refractivity contribution in [3.05, 3.63) is 30.0 Å². The molecule has 0 aliphatic heterocycles. The summed E-state index contributed by atoms with van der Waals surface area (Å²) in [6, 6.07) is 2.04. The van der Waals surface area contributed by atoms with Crippen LogP contribution in [-0.4, -0.2) is 43.0 Å². The SMILES string of the molecule is CCOC(=O)CSc1cnc(NC(=O)N(CC2CCCC2)c2ccc(OC)c(F)c2F)s1. The number of nitrogens with zero attached hydrogens (tertiary/aromatic N) is 2. The number of thiazole rings is 1. The molecule has 1 aromatic heterocycles. The Morgan fingerprint density at radius 1 is 1.28 bits per heavy atom. The Balaban J connectivity index is 1.75. The number of benzene rings is 1. The number of thioether (sulfide) groups is 1. The van der Waals surface area contributed by atoms with Gasteiger partial charge in [-0.3, -0.25) is 15.0 Å². The number of carbonyl (C=O) groups excluding carboxylic acids is 2. The van der Waals surface area contributed by atoms with Crippen molar-refractivity contribution >= 4 is 45.9 Å². The molecule has 0 atom stereocenters. The van der Waals surface area contributed by atoms with Crippen molar-refractivity contribution in [1.82, 2.24) is 4.98 Å². The van der Waals surface area contributed by atoms with Crippen LogP contribution in [0.4, 0.5) is 24.4 Å². The van der Waals surface area contributed by atoms with E-state index in [-0.39, 0.29) is 35.6 Å². The number of methoxy groups -OCH3 is 1. The summed E-state index contributed by atoms with van der Waals surface area (Å²) in [6.07, 6.45) is 5.49. The van der Waals surface area contributed by atoms with Crippen LogP contribution in [0, 0.1) is 17.6 Å². The lowest BCUT2D eigenvalue weighted by Gasteiger charge is -2.26. The summed E-state index contributed by atoms with van der Waals surface area (Å²) in [7, 11) is 1.25. The molecule has 3 rings (SSSR count). The highest BCUT2D eigenvalue weighted by Gasteiger charge is 2.28. The van der Waals surface area contributed by atoms with E-state index in [2.05, 4.69) is 10.3 Å². The predicted octanol–water partition coefficient (Wildman–Crippen LogP) is 5.31. The Morgan fingerprint density at radius 2 is 2.03 bits per heavy atom. The quantitative estimate of drug-likeness (QED) is 0.383. The summed E-state index contributed by atoms with van der Waals surface area (Å²) in [5.41, 5.74) is -0.152. The first-order valence-corrected chi connectivity index (χ1v) is 12.1. The Kier molecular flexibility index (Phi) is 8.68. The fourth-order valence-electron chi connectivity index (χ4n) is 3.50. The number of carbonyl (C=O) groups is 2. The lowest BCUT2D eigenvalue weighted by molar-refractivity contribution is -0.139. The van der Waals surface area contributed by atoms with E-state index >= 15 is 0 Å². The van der Waals surface area contributed by atoms with E-state index in [1.165, 1.54) is 47.2 Å². The van der Waals surface area contributed by atoms with Crippen molar-refractivity contribution in [3.8, 4) is 5.75 Å². The van der Waals surface area contributed by atoms with E-state index in [9.17, 15) is 18.4 Å². The predicted molar refractivity (Wildman–Crippen MR) is 121 cm³/mol. The number of urea groups is 1. The second-order valence-corrected chi connectivity index (χ2v) is 9.49. The third-order valence-corrected chi connectivity index (χ3v) is 7.11. The van der Waals surface area contributed by atoms with Gasteiger partial charge in [-0.15, -0.1) is 11.8 Å². The largest absolute Gasteiger partial charge is 0.494 e. The zero-order valence-corrected chi connectivity index (χ0v) is 19.5. The van der Waals surface area contributed by atoms with Gasteiger partial charge in [0.1, 0.15) is 0 Å². The van der Waals surface area contributed by atoms with Crippen LogP contribution in [0.2, 0.25) is 0 Å². The van der Waals surface area contributed by atoms with Gasteiger partial charge in [-0.1, -0.05) is 24.2 Å². The van der Waals surface area contributed by atoms with Crippen molar-refractivity contribution in [2.75, 3.05) is 36.2 Å². The number of halogens is 2. The van der Waals surface area contributed by atoms with Crippen LogP contribution in [0.15, 0.2) is 22.5 Å². The number of aromatic nitrogens is 1. The smallest absolute Gasteiger partial charge is 0.328 e. The van der Waals surface area contributed by atoms with Gasteiger partial charge in [-0.05, 0) is 37.8 Å². The monoisotopic (exact) mass is 485 g/mol. The number of hydrogen-bond donors (Lipinski definition) is 1. The number of nitrogens with one attached hydrogen (secondary N) is 1. The molecule has 0 bridgehead atoms. The highest BCUT2D eigenvalue weighted by molar-refractivity contribution is 8.01. The number of amides is 2. The maximum Gasteiger partial charge on any atom is 0.328 e. The van der Waals surface area contributed by atoms with Crippen LogP contribution in [0.3, 0.4) is 0 Å². The molecular weight excluding hydrogens is 460 g/mol. The second-order valence-electron chi connectivity index (χ2n) is 7.18. The molecule has 2 amide bonds. The topological polar surface area (TPSA) is 80.8 Å². The Bertz CT molecular complexity index is 951. The van der Waals surface area contributed by atoms with Gasteiger partial charge in [0.25, 0.3) is 0 Å². The Labute approximate surface area is 193 Å². The summed E-state index contributed by atoms with van der Waals surface area (Å²) in [4.78, 5) is 29.9. The van der Waals surface area contributed by atoms with E-state index in [1.807, 2.05) is 0 Å². The van der Waals surface area contributed by atoms with Crippen LogP contribution < -0.4 is 15.0 Å². The molecule has 11 heteroatoms. The third-order valence-electron chi connectivity index (χ3n) is 5.03. The standard InChI is InChI=1S/C21H25F2N3O4S2/c1-3-30-16(27)12-31-17-10-24-20(32-17)25-21(28)26(11-13-6-4-5-7-13)14-8-9-15(29-2)19(23)18(14)22/h8-10,13H,3-7,11-12H2,1-2H3,(H,24,25,28). The molecule has 0 spiro atoms. The molecule has 0 radical (unpaired) electrons. The number of anilines is 2. The highest BCUT2D eigenvalue weighted by atomic mass is 32.2. The van der Waals surface area contributed by atoms with Crippen molar-refractivity contribution in [1.29, 1.82) is 0 Å². The summed E-state index contributed by atoms with van der Waals surface area (Å²) in [6.45, 7) is 2.31. The van der Waals surface area contributed by atoms with Crippen LogP contribution in [0.1, 0.15) is 32.6 Å². The second kappa shape index (κ2) is 11.5. The molecule has 174 valence electrons. The van der Waals surface area contributed by atoms with Gasteiger partial charge in [0.15, 0.2) is 16.7 Å². The van der Waals surface area contributed by atoms with Gasteiger partial charge in [0.05, 0.1) is 35.6 Å². The van der Waals surface area contributed by atoms with E-state index in [0.29, 0.717) is 11.7 Å². The van der Waals surface area contributed by atoms with Crippen molar-refractivity contribution in [2.24, 2.45) is 5.92 Å². The molecule has 1 N–H and O–H groups in total. The third kappa shape index (κ3) is 6.10. The summed E-state index contributed by atoms with van der Waals surface area (Å²) in [5.74, 6) is -2.50. The van der Waals surface area contributed by atoms with Gasteiger partial charge in [-0.2, -0.15) is 4.39 Å². The van der Waals surface area contributed by atoms with Gasteiger partial charge in [0.2, 0.25) is 5.82 Å². The molecular formula is C21H25F2N3O4S2. The average molecular weight is 486 g/mol. The van der Waals surface area contributed by atoms with E-state index in [0.717, 1.165) is 29.9 Å². The molecule has 0 unspecified atom stereocenters. The lowest BCUT2D eigenvalue weighted by Crippen LogP contribution is -2.39. The van der Waals surface area contributed by atoms with Gasteiger partial charge >= 0.3 is 12.0 Å². The summed E-state index contributed by atoms with van der Waals surface area (Å²) in [5, 5.41) is 2.97. The maximum absolute atomic E-state index is 14.8. The molecule has 1 heterocycles. The lowest BCUT2D eigenvalue weighted by atomic mass is 10.1. The van der Waals surface area contributed by atoms with Gasteiger partial charge in [-0.25, -0.2) is 14.2 Å². The average Bonchev–Trinajstić information content (AvgIpc) is 3.45. The highest BCUT2D eigenvalue weighted by Crippen LogP contribution is 2.33. The van der Waals surface area contributed by atoms with Crippen molar-refractivity contribution < 1.29 is 27.8 Å². The number of ether oxygens (including phenoxy) is 2. The fourth-order valence-corrected chi connectivity index (χ4v) is 5.16. The molecule has 0 saturated heterocycles. The minimum absolute atomic E-state index is 0.133. The normalized spacial score (nSPS) is 13.8. The van der Waals surface area contributed by atoms with Gasteiger partial charge in [0, 0.05) is 6.54 Å². The minimum Gasteiger partial charge on any atom is -0.494 e. The van der Waals surface area contributed by atoms with Crippen LogP contribution in [0.25, 0.3) is 0 Å². The fraction of sp³-hybridized carbons (Fsp3) is 0.476. The van der Waals surface area contributed by atoms with Crippen molar-refractivity contribution in [3.63, 3.8) is 0 Å². The minimum atomic E-state index is -1.14. The van der Waals surface area contributed by atoms with E-state index in [1.54, 1.807) is 13.1 Å². The van der Waals surface area contributed by atoms with E-state index in [4.69, 9.17) is 9.47 Å². The van der Waals surface area contributed by atoms with Crippen molar-refractivity contribution in [2.45, 2.75) is 36.8 Å².